The number of aryl methyl sites for hydroxylation is 2. The number of imidazole rings is 1. The second-order valence-corrected chi connectivity index (χ2v) is 6.51. The van der Waals surface area contributed by atoms with Gasteiger partial charge in [-0.3, -0.25) is 4.90 Å². The molecule has 1 aromatic heterocycles. The van der Waals surface area contributed by atoms with Crippen LogP contribution in [0.5, 0.6) is 0 Å². The molecule has 3 rings (SSSR count). The van der Waals surface area contributed by atoms with Crippen LogP contribution < -0.4 is 0 Å². The van der Waals surface area contributed by atoms with Gasteiger partial charge in [0.2, 0.25) is 0 Å². The van der Waals surface area contributed by atoms with Crippen molar-refractivity contribution in [1.82, 2.24) is 14.5 Å². The molecule has 4 nitrogen and oxygen atoms in total. The lowest BCUT2D eigenvalue weighted by Gasteiger charge is -2.25. The van der Waals surface area contributed by atoms with Crippen molar-refractivity contribution < 1.29 is 4.74 Å². The second-order valence-electron chi connectivity index (χ2n) is 6.51. The summed E-state index contributed by atoms with van der Waals surface area (Å²) in [6.45, 7) is 7.25. The van der Waals surface area contributed by atoms with Gasteiger partial charge in [0.15, 0.2) is 0 Å². The number of ether oxygens (including phenoxy) is 1. The van der Waals surface area contributed by atoms with Crippen molar-refractivity contribution in [3.8, 4) is 0 Å². The first-order chi connectivity index (χ1) is 11.3. The monoisotopic (exact) mass is 313 g/mol. The van der Waals surface area contributed by atoms with Crippen LogP contribution in [0.3, 0.4) is 0 Å². The molecular formula is C19H27N3O. The minimum Gasteiger partial charge on any atom is -0.377 e. The highest BCUT2D eigenvalue weighted by molar-refractivity contribution is 5.22. The fourth-order valence-electron chi connectivity index (χ4n) is 3.28. The number of rotatable bonds is 8. The van der Waals surface area contributed by atoms with Crippen molar-refractivity contribution in [2.45, 2.75) is 45.4 Å². The normalized spacial score (nSPS) is 17.9. The average Bonchev–Trinajstić information content (AvgIpc) is 3.21. The molecule has 124 valence electrons. The lowest BCUT2D eigenvalue weighted by atomic mass is 10.1. The maximum absolute atomic E-state index is 5.84. The third-order valence-corrected chi connectivity index (χ3v) is 4.42. The predicted octanol–water partition coefficient (Wildman–Crippen LogP) is 3.26. The summed E-state index contributed by atoms with van der Waals surface area (Å²) in [7, 11) is 0. The molecule has 0 saturated carbocycles. The van der Waals surface area contributed by atoms with E-state index >= 15 is 0 Å². The van der Waals surface area contributed by atoms with E-state index in [0.29, 0.717) is 6.10 Å². The highest BCUT2D eigenvalue weighted by Crippen LogP contribution is 2.16. The van der Waals surface area contributed by atoms with Crippen molar-refractivity contribution in [3.05, 3.63) is 54.1 Å². The lowest BCUT2D eigenvalue weighted by molar-refractivity contribution is 0.0697. The molecule has 2 heterocycles. The molecule has 0 radical (unpaired) electrons. The Balaban J connectivity index is 1.55. The van der Waals surface area contributed by atoms with E-state index in [0.717, 1.165) is 39.2 Å². The molecule has 0 spiro atoms. The van der Waals surface area contributed by atoms with Crippen LogP contribution in [0.1, 0.15) is 30.4 Å². The quantitative estimate of drug-likeness (QED) is 0.749. The fourth-order valence-corrected chi connectivity index (χ4v) is 3.28. The Kier molecular flexibility index (Phi) is 5.83. The molecule has 2 aromatic rings. The Morgan fingerprint density at radius 3 is 3.09 bits per heavy atom. The van der Waals surface area contributed by atoms with Gasteiger partial charge in [0.25, 0.3) is 0 Å². The highest BCUT2D eigenvalue weighted by Gasteiger charge is 2.19. The molecule has 1 fully saturated rings. The topological polar surface area (TPSA) is 30.3 Å². The van der Waals surface area contributed by atoms with Crippen molar-refractivity contribution in [2.24, 2.45) is 0 Å². The molecule has 1 saturated heterocycles. The predicted molar refractivity (Wildman–Crippen MR) is 92.3 cm³/mol. The zero-order chi connectivity index (χ0) is 15.9. The molecule has 1 aliphatic heterocycles. The fraction of sp³-hybridized carbons (Fsp3) is 0.526. The SMILES string of the molecule is Cc1cccc(CN(CCCn2ccnc2)CC2CCCO2)c1. The molecule has 0 aliphatic carbocycles. The standard InChI is InChI=1S/C19H27N3O/c1-17-5-2-6-18(13-17)14-22(15-19-7-3-12-23-19)10-4-9-21-11-8-20-16-21/h2,5-6,8,11,13,16,19H,3-4,7,9-10,12,14-15H2,1H3. The molecule has 23 heavy (non-hydrogen) atoms. The summed E-state index contributed by atoms with van der Waals surface area (Å²) in [4.78, 5) is 6.65. The largest absolute Gasteiger partial charge is 0.377 e. The van der Waals surface area contributed by atoms with E-state index in [1.54, 1.807) is 0 Å². The summed E-state index contributed by atoms with van der Waals surface area (Å²) < 4.78 is 7.99. The maximum atomic E-state index is 5.84. The van der Waals surface area contributed by atoms with Gasteiger partial charge in [-0.2, -0.15) is 0 Å². The zero-order valence-corrected chi connectivity index (χ0v) is 14.0. The number of benzene rings is 1. The first kappa shape index (κ1) is 16.2. The number of hydrogen-bond acceptors (Lipinski definition) is 3. The second kappa shape index (κ2) is 8.27. The van der Waals surface area contributed by atoms with Crippen molar-refractivity contribution >= 4 is 0 Å². The van der Waals surface area contributed by atoms with Gasteiger partial charge in [-0.1, -0.05) is 29.8 Å². The van der Waals surface area contributed by atoms with Crippen LogP contribution in [0.2, 0.25) is 0 Å². The van der Waals surface area contributed by atoms with Gasteiger partial charge in [-0.05, 0) is 31.7 Å². The summed E-state index contributed by atoms with van der Waals surface area (Å²) in [5.74, 6) is 0. The Morgan fingerprint density at radius 1 is 1.39 bits per heavy atom. The van der Waals surface area contributed by atoms with Crippen LogP contribution in [-0.2, 0) is 17.8 Å². The lowest BCUT2D eigenvalue weighted by Crippen LogP contribution is -2.33. The third-order valence-electron chi connectivity index (χ3n) is 4.42. The molecular weight excluding hydrogens is 286 g/mol. The minimum atomic E-state index is 0.410. The van der Waals surface area contributed by atoms with Crippen molar-refractivity contribution in [2.75, 3.05) is 19.7 Å². The Morgan fingerprint density at radius 2 is 2.35 bits per heavy atom. The van der Waals surface area contributed by atoms with E-state index in [2.05, 4.69) is 45.6 Å². The summed E-state index contributed by atoms with van der Waals surface area (Å²) in [5.41, 5.74) is 2.73. The van der Waals surface area contributed by atoms with Gasteiger partial charge >= 0.3 is 0 Å². The molecule has 4 heteroatoms. The molecule has 0 amide bonds. The smallest absolute Gasteiger partial charge is 0.0945 e. The number of hydrogen-bond donors (Lipinski definition) is 0. The van der Waals surface area contributed by atoms with Crippen LogP contribution in [-0.4, -0.2) is 40.3 Å². The van der Waals surface area contributed by atoms with Crippen LogP contribution in [0, 0.1) is 6.92 Å². The average molecular weight is 313 g/mol. The van der Waals surface area contributed by atoms with Crippen LogP contribution in [0.4, 0.5) is 0 Å². The van der Waals surface area contributed by atoms with Gasteiger partial charge in [-0.25, -0.2) is 4.98 Å². The summed E-state index contributed by atoms with van der Waals surface area (Å²) in [5, 5.41) is 0. The van der Waals surface area contributed by atoms with Gasteiger partial charge in [-0.15, -0.1) is 0 Å². The van der Waals surface area contributed by atoms with E-state index in [-0.39, 0.29) is 0 Å². The van der Waals surface area contributed by atoms with Crippen LogP contribution >= 0.6 is 0 Å². The maximum Gasteiger partial charge on any atom is 0.0945 e. The summed E-state index contributed by atoms with van der Waals surface area (Å²) in [6.07, 6.45) is 9.72. The Bertz CT molecular complexity index is 576. The van der Waals surface area contributed by atoms with Crippen molar-refractivity contribution in [1.29, 1.82) is 0 Å². The van der Waals surface area contributed by atoms with Gasteiger partial charge < -0.3 is 9.30 Å². The van der Waals surface area contributed by atoms with Gasteiger partial charge in [0.05, 0.1) is 12.4 Å². The van der Waals surface area contributed by atoms with Crippen LogP contribution in [0.15, 0.2) is 43.0 Å². The molecule has 1 atom stereocenters. The van der Waals surface area contributed by atoms with Crippen LogP contribution in [0.25, 0.3) is 0 Å². The number of aromatic nitrogens is 2. The van der Waals surface area contributed by atoms with E-state index in [9.17, 15) is 0 Å². The van der Waals surface area contributed by atoms with Crippen molar-refractivity contribution in [3.63, 3.8) is 0 Å². The van der Waals surface area contributed by atoms with Gasteiger partial charge in [0.1, 0.15) is 0 Å². The molecule has 0 N–H and O–H groups in total. The molecule has 1 aromatic carbocycles. The third kappa shape index (κ3) is 5.19. The van der Waals surface area contributed by atoms with E-state index in [4.69, 9.17) is 4.74 Å². The minimum absolute atomic E-state index is 0.410. The Labute approximate surface area is 139 Å². The number of nitrogens with zero attached hydrogens (tertiary/aromatic N) is 3. The van der Waals surface area contributed by atoms with E-state index in [1.807, 2.05) is 18.7 Å². The first-order valence-electron chi connectivity index (χ1n) is 8.65. The molecule has 1 aliphatic rings. The molecule has 1 unspecified atom stereocenters. The summed E-state index contributed by atoms with van der Waals surface area (Å²) >= 11 is 0. The van der Waals surface area contributed by atoms with Gasteiger partial charge in [0, 0.05) is 45.2 Å². The first-order valence-corrected chi connectivity index (χ1v) is 8.65. The highest BCUT2D eigenvalue weighted by atomic mass is 16.5. The molecule has 0 bridgehead atoms. The zero-order valence-electron chi connectivity index (χ0n) is 14.0. The van der Waals surface area contributed by atoms with E-state index in [1.165, 1.54) is 24.0 Å². The van der Waals surface area contributed by atoms with E-state index < -0.39 is 0 Å². The Hall–Kier alpha value is -1.65. The summed E-state index contributed by atoms with van der Waals surface area (Å²) in [6, 6.07) is 8.83.